The van der Waals surface area contributed by atoms with Gasteiger partial charge in [0.1, 0.15) is 0 Å². The second kappa shape index (κ2) is 5.67. The molecule has 0 N–H and O–H groups in total. The Morgan fingerprint density at radius 1 is 1.33 bits per heavy atom. The zero-order valence-electron chi connectivity index (χ0n) is 7.23. The van der Waals surface area contributed by atoms with Gasteiger partial charge in [0, 0.05) is 13.6 Å². The standard InChI is InChI=1S/C10H13N.ClH/c1-3-11(2)9-10-7-5-4-6-8-10;/h3-8H,1,9H2,2H3;1H. The molecule has 0 bridgehead atoms. The summed E-state index contributed by atoms with van der Waals surface area (Å²) < 4.78 is 0. The van der Waals surface area contributed by atoms with E-state index in [0.717, 1.165) is 6.54 Å². The van der Waals surface area contributed by atoms with E-state index in [2.05, 4.69) is 23.6 Å². The van der Waals surface area contributed by atoms with Crippen LogP contribution in [0.3, 0.4) is 0 Å². The Balaban J connectivity index is 0.00000121. The Morgan fingerprint density at radius 2 is 1.92 bits per heavy atom. The number of hydrogen-bond acceptors (Lipinski definition) is 1. The highest BCUT2D eigenvalue weighted by molar-refractivity contribution is 5.85. The van der Waals surface area contributed by atoms with Gasteiger partial charge in [0.05, 0.1) is 0 Å². The van der Waals surface area contributed by atoms with Crippen LogP contribution in [-0.2, 0) is 6.54 Å². The highest BCUT2D eigenvalue weighted by Crippen LogP contribution is 2.01. The first-order valence-corrected chi connectivity index (χ1v) is 3.69. The molecule has 66 valence electrons. The molecule has 2 heteroatoms. The topological polar surface area (TPSA) is 3.24 Å². The van der Waals surface area contributed by atoms with E-state index in [-0.39, 0.29) is 12.4 Å². The lowest BCUT2D eigenvalue weighted by molar-refractivity contribution is 0.452. The van der Waals surface area contributed by atoms with Crippen molar-refractivity contribution in [1.82, 2.24) is 4.90 Å². The predicted octanol–water partition coefficient (Wildman–Crippen LogP) is 2.68. The van der Waals surface area contributed by atoms with Crippen molar-refractivity contribution in [2.75, 3.05) is 7.05 Å². The third-order valence-electron chi connectivity index (χ3n) is 1.59. The summed E-state index contributed by atoms with van der Waals surface area (Å²) in [6, 6.07) is 10.3. The Labute approximate surface area is 80.1 Å². The zero-order valence-corrected chi connectivity index (χ0v) is 8.05. The SMILES string of the molecule is C=CN(C)Cc1ccccc1.Cl. The summed E-state index contributed by atoms with van der Waals surface area (Å²) in [4.78, 5) is 2.05. The average Bonchev–Trinajstić information content (AvgIpc) is 2.06. The van der Waals surface area contributed by atoms with Gasteiger partial charge in [-0.2, -0.15) is 0 Å². The van der Waals surface area contributed by atoms with Crippen LogP contribution in [-0.4, -0.2) is 11.9 Å². The summed E-state index contributed by atoms with van der Waals surface area (Å²) in [5.41, 5.74) is 1.31. The smallest absolute Gasteiger partial charge is 0.0420 e. The Kier molecular flexibility index (Phi) is 5.22. The van der Waals surface area contributed by atoms with Crippen LogP contribution < -0.4 is 0 Å². The molecule has 0 saturated heterocycles. The highest BCUT2D eigenvalue weighted by Gasteiger charge is 1.91. The van der Waals surface area contributed by atoms with Crippen LogP contribution in [0.5, 0.6) is 0 Å². The summed E-state index contributed by atoms with van der Waals surface area (Å²) >= 11 is 0. The van der Waals surface area contributed by atoms with Gasteiger partial charge in [-0.05, 0) is 11.8 Å². The Bertz CT molecular complexity index is 221. The second-order valence-corrected chi connectivity index (χ2v) is 2.58. The third-order valence-corrected chi connectivity index (χ3v) is 1.59. The highest BCUT2D eigenvalue weighted by atomic mass is 35.5. The maximum absolute atomic E-state index is 3.68. The molecule has 1 aromatic rings. The van der Waals surface area contributed by atoms with Crippen LogP contribution in [0.25, 0.3) is 0 Å². The molecule has 0 unspecified atom stereocenters. The van der Waals surface area contributed by atoms with Crippen molar-refractivity contribution >= 4 is 12.4 Å². The maximum atomic E-state index is 3.68. The lowest BCUT2D eigenvalue weighted by atomic mass is 10.2. The number of benzene rings is 1. The predicted molar refractivity (Wildman–Crippen MR) is 55.4 cm³/mol. The number of hydrogen-bond donors (Lipinski definition) is 0. The molecule has 12 heavy (non-hydrogen) atoms. The third kappa shape index (κ3) is 3.44. The van der Waals surface area contributed by atoms with Crippen molar-refractivity contribution < 1.29 is 0 Å². The van der Waals surface area contributed by atoms with Gasteiger partial charge in [-0.15, -0.1) is 12.4 Å². The second-order valence-electron chi connectivity index (χ2n) is 2.58. The van der Waals surface area contributed by atoms with Crippen LogP contribution in [0.2, 0.25) is 0 Å². The first kappa shape index (κ1) is 11.1. The molecule has 0 atom stereocenters. The van der Waals surface area contributed by atoms with Crippen LogP contribution >= 0.6 is 12.4 Å². The fourth-order valence-electron chi connectivity index (χ4n) is 0.936. The quantitative estimate of drug-likeness (QED) is 0.697. The van der Waals surface area contributed by atoms with Crippen molar-refractivity contribution in [3.8, 4) is 0 Å². The minimum absolute atomic E-state index is 0. The molecule has 0 spiro atoms. The minimum Gasteiger partial charge on any atom is -0.377 e. The van der Waals surface area contributed by atoms with Crippen LogP contribution in [0.4, 0.5) is 0 Å². The summed E-state index contributed by atoms with van der Waals surface area (Å²) in [6.07, 6.45) is 1.83. The fraction of sp³-hybridized carbons (Fsp3) is 0.200. The molecule has 0 aliphatic heterocycles. The maximum Gasteiger partial charge on any atom is 0.0420 e. The summed E-state index contributed by atoms with van der Waals surface area (Å²) in [5, 5.41) is 0. The average molecular weight is 184 g/mol. The lowest BCUT2D eigenvalue weighted by Crippen LogP contribution is -2.08. The van der Waals surface area contributed by atoms with E-state index in [1.807, 2.05) is 31.4 Å². The molecule has 0 aliphatic carbocycles. The Morgan fingerprint density at radius 3 is 2.42 bits per heavy atom. The van der Waals surface area contributed by atoms with Gasteiger partial charge in [-0.1, -0.05) is 36.9 Å². The van der Waals surface area contributed by atoms with Gasteiger partial charge < -0.3 is 4.90 Å². The number of nitrogens with zero attached hydrogens (tertiary/aromatic N) is 1. The first-order valence-electron chi connectivity index (χ1n) is 3.69. The molecule has 1 rings (SSSR count). The molecule has 0 amide bonds. The lowest BCUT2D eigenvalue weighted by Gasteiger charge is -2.12. The molecular weight excluding hydrogens is 170 g/mol. The molecule has 0 aromatic heterocycles. The van der Waals surface area contributed by atoms with E-state index in [1.165, 1.54) is 5.56 Å². The van der Waals surface area contributed by atoms with Crippen molar-refractivity contribution in [2.24, 2.45) is 0 Å². The van der Waals surface area contributed by atoms with Crippen molar-refractivity contribution in [3.05, 3.63) is 48.7 Å². The molecule has 0 fully saturated rings. The molecule has 0 radical (unpaired) electrons. The van der Waals surface area contributed by atoms with Gasteiger partial charge in [0.25, 0.3) is 0 Å². The van der Waals surface area contributed by atoms with E-state index in [1.54, 1.807) is 0 Å². The molecule has 0 aliphatic rings. The molecule has 1 nitrogen and oxygen atoms in total. The van der Waals surface area contributed by atoms with Crippen molar-refractivity contribution in [1.29, 1.82) is 0 Å². The van der Waals surface area contributed by atoms with E-state index in [9.17, 15) is 0 Å². The van der Waals surface area contributed by atoms with E-state index in [0.29, 0.717) is 0 Å². The molecular formula is C10H14ClN. The van der Waals surface area contributed by atoms with Gasteiger partial charge >= 0.3 is 0 Å². The zero-order chi connectivity index (χ0) is 8.10. The first-order chi connectivity index (χ1) is 5.33. The summed E-state index contributed by atoms with van der Waals surface area (Å²) in [6.45, 7) is 4.62. The number of halogens is 1. The molecule has 0 heterocycles. The van der Waals surface area contributed by atoms with Crippen molar-refractivity contribution in [3.63, 3.8) is 0 Å². The van der Waals surface area contributed by atoms with Gasteiger partial charge in [0.15, 0.2) is 0 Å². The van der Waals surface area contributed by atoms with Gasteiger partial charge in [0.2, 0.25) is 0 Å². The van der Waals surface area contributed by atoms with Gasteiger partial charge in [-0.3, -0.25) is 0 Å². The van der Waals surface area contributed by atoms with Crippen LogP contribution in [0.15, 0.2) is 43.1 Å². The van der Waals surface area contributed by atoms with Crippen LogP contribution in [0.1, 0.15) is 5.56 Å². The van der Waals surface area contributed by atoms with Gasteiger partial charge in [-0.25, -0.2) is 0 Å². The molecule has 1 aromatic carbocycles. The summed E-state index contributed by atoms with van der Waals surface area (Å²) in [5.74, 6) is 0. The van der Waals surface area contributed by atoms with Crippen LogP contribution in [0, 0.1) is 0 Å². The monoisotopic (exact) mass is 183 g/mol. The van der Waals surface area contributed by atoms with E-state index < -0.39 is 0 Å². The largest absolute Gasteiger partial charge is 0.377 e. The van der Waals surface area contributed by atoms with E-state index >= 15 is 0 Å². The van der Waals surface area contributed by atoms with E-state index in [4.69, 9.17) is 0 Å². The summed E-state index contributed by atoms with van der Waals surface area (Å²) in [7, 11) is 2.01. The minimum atomic E-state index is 0. The molecule has 0 saturated carbocycles. The fourth-order valence-corrected chi connectivity index (χ4v) is 0.936. The Hall–Kier alpha value is -0.950. The number of rotatable bonds is 3. The van der Waals surface area contributed by atoms with Crippen molar-refractivity contribution in [2.45, 2.75) is 6.54 Å². The normalized spacial score (nSPS) is 8.42.